The largest absolute Gasteiger partial charge is 0.383 e. The third kappa shape index (κ3) is 5.16. The summed E-state index contributed by atoms with van der Waals surface area (Å²) in [5.41, 5.74) is 3.51. The van der Waals surface area contributed by atoms with Crippen molar-refractivity contribution in [2.24, 2.45) is 5.92 Å². The van der Waals surface area contributed by atoms with Gasteiger partial charge >= 0.3 is 0 Å². The highest BCUT2D eigenvalue weighted by atomic mass is 16.5. The van der Waals surface area contributed by atoms with Crippen molar-refractivity contribution in [3.05, 3.63) is 60.2 Å². The smallest absolute Gasteiger partial charge is 0.224 e. The third-order valence-electron chi connectivity index (χ3n) is 4.99. The van der Waals surface area contributed by atoms with Crippen molar-refractivity contribution in [1.29, 1.82) is 0 Å². The van der Waals surface area contributed by atoms with E-state index in [-0.39, 0.29) is 11.8 Å². The van der Waals surface area contributed by atoms with Gasteiger partial charge in [0, 0.05) is 26.7 Å². The Bertz CT molecular complexity index is 702. The van der Waals surface area contributed by atoms with E-state index in [2.05, 4.69) is 46.6 Å². The highest BCUT2D eigenvalue weighted by Crippen LogP contribution is 2.20. The SMILES string of the molecule is COCCN1CCC[C@@H](C(=O)NCc2cccc(-c3ccccc3)c2)C1. The van der Waals surface area contributed by atoms with E-state index in [1.54, 1.807) is 7.11 Å². The Hall–Kier alpha value is -2.17. The van der Waals surface area contributed by atoms with Crippen LogP contribution in [0.2, 0.25) is 0 Å². The van der Waals surface area contributed by atoms with Crippen molar-refractivity contribution in [3.63, 3.8) is 0 Å². The summed E-state index contributed by atoms with van der Waals surface area (Å²) in [6, 6.07) is 18.7. The second-order valence-corrected chi connectivity index (χ2v) is 6.92. The first-order valence-corrected chi connectivity index (χ1v) is 9.39. The number of carbonyl (C=O) groups is 1. The molecule has 0 aliphatic carbocycles. The van der Waals surface area contributed by atoms with Crippen LogP contribution in [-0.4, -0.2) is 44.2 Å². The zero-order chi connectivity index (χ0) is 18.2. The van der Waals surface area contributed by atoms with Gasteiger partial charge in [-0.25, -0.2) is 0 Å². The third-order valence-corrected chi connectivity index (χ3v) is 4.99. The van der Waals surface area contributed by atoms with Gasteiger partial charge in [-0.15, -0.1) is 0 Å². The Balaban J connectivity index is 1.54. The van der Waals surface area contributed by atoms with Gasteiger partial charge in [0.2, 0.25) is 5.91 Å². The quantitative estimate of drug-likeness (QED) is 0.831. The molecular weight excluding hydrogens is 324 g/mol. The summed E-state index contributed by atoms with van der Waals surface area (Å²) in [6.07, 6.45) is 2.05. The molecule has 26 heavy (non-hydrogen) atoms. The van der Waals surface area contributed by atoms with Crippen LogP contribution in [0.25, 0.3) is 11.1 Å². The number of nitrogens with zero attached hydrogens (tertiary/aromatic N) is 1. The first-order valence-electron chi connectivity index (χ1n) is 9.39. The van der Waals surface area contributed by atoms with Crippen LogP contribution < -0.4 is 5.32 Å². The molecule has 0 radical (unpaired) electrons. The molecule has 0 spiro atoms. The first kappa shape index (κ1) is 18.6. The number of ether oxygens (including phenoxy) is 1. The highest BCUT2D eigenvalue weighted by Gasteiger charge is 2.25. The molecule has 138 valence electrons. The summed E-state index contributed by atoms with van der Waals surface area (Å²) in [7, 11) is 1.72. The molecule has 1 saturated heterocycles. The predicted molar refractivity (Wildman–Crippen MR) is 105 cm³/mol. The molecule has 0 saturated carbocycles. The maximum Gasteiger partial charge on any atom is 0.224 e. The number of amides is 1. The molecule has 0 aromatic heterocycles. The van der Waals surface area contributed by atoms with Gasteiger partial charge in [-0.1, -0.05) is 48.5 Å². The summed E-state index contributed by atoms with van der Waals surface area (Å²) < 4.78 is 5.15. The van der Waals surface area contributed by atoms with Gasteiger partial charge in [-0.3, -0.25) is 4.79 Å². The van der Waals surface area contributed by atoms with Gasteiger partial charge in [0.15, 0.2) is 0 Å². The normalized spacial score (nSPS) is 17.8. The average molecular weight is 352 g/mol. The van der Waals surface area contributed by atoms with Crippen LogP contribution in [0.5, 0.6) is 0 Å². The van der Waals surface area contributed by atoms with E-state index in [4.69, 9.17) is 4.74 Å². The Morgan fingerprint density at radius 1 is 1.15 bits per heavy atom. The molecule has 2 aromatic rings. The summed E-state index contributed by atoms with van der Waals surface area (Å²) in [6.45, 7) is 4.10. The molecule has 1 atom stereocenters. The lowest BCUT2D eigenvalue weighted by atomic mass is 9.97. The van der Waals surface area contributed by atoms with Crippen LogP contribution in [0.1, 0.15) is 18.4 Å². The number of carbonyl (C=O) groups excluding carboxylic acids is 1. The van der Waals surface area contributed by atoms with E-state index in [0.29, 0.717) is 6.54 Å². The minimum absolute atomic E-state index is 0.0814. The zero-order valence-corrected chi connectivity index (χ0v) is 15.5. The minimum Gasteiger partial charge on any atom is -0.383 e. The Kier molecular flexibility index (Phi) is 6.81. The van der Waals surface area contributed by atoms with Crippen molar-refractivity contribution in [1.82, 2.24) is 10.2 Å². The predicted octanol–water partition coefficient (Wildman–Crippen LogP) is 3.33. The lowest BCUT2D eigenvalue weighted by Gasteiger charge is -2.31. The topological polar surface area (TPSA) is 41.6 Å². The van der Waals surface area contributed by atoms with Crippen LogP contribution in [0.3, 0.4) is 0 Å². The number of nitrogens with one attached hydrogen (secondary N) is 1. The van der Waals surface area contributed by atoms with Crippen molar-refractivity contribution in [3.8, 4) is 11.1 Å². The summed E-state index contributed by atoms with van der Waals surface area (Å²) in [4.78, 5) is 14.9. The molecule has 4 heteroatoms. The molecule has 1 heterocycles. The van der Waals surface area contributed by atoms with Gasteiger partial charge in [0.25, 0.3) is 0 Å². The first-order chi connectivity index (χ1) is 12.8. The van der Waals surface area contributed by atoms with Crippen LogP contribution in [-0.2, 0) is 16.1 Å². The van der Waals surface area contributed by atoms with Crippen LogP contribution in [0.4, 0.5) is 0 Å². The van der Waals surface area contributed by atoms with Crippen molar-refractivity contribution < 1.29 is 9.53 Å². The molecule has 2 aromatic carbocycles. The van der Waals surface area contributed by atoms with Gasteiger partial charge < -0.3 is 15.0 Å². The van der Waals surface area contributed by atoms with E-state index in [9.17, 15) is 4.79 Å². The number of hydrogen-bond acceptors (Lipinski definition) is 3. The van der Waals surface area contributed by atoms with E-state index >= 15 is 0 Å². The summed E-state index contributed by atoms with van der Waals surface area (Å²) in [5, 5.41) is 3.13. The average Bonchev–Trinajstić information content (AvgIpc) is 2.71. The summed E-state index contributed by atoms with van der Waals surface area (Å²) in [5.74, 6) is 0.246. The number of benzene rings is 2. The fraction of sp³-hybridized carbons (Fsp3) is 0.409. The molecule has 1 amide bonds. The number of rotatable bonds is 7. The standard InChI is InChI=1S/C22H28N2O2/c1-26-14-13-24-12-6-11-21(17-24)22(25)23-16-18-7-5-10-20(15-18)19-8-3-2-4-9-19/h2-5,7-10,15,21H,6,11-14,16-17H2,1H3,(H,23,25)/t21-/m1/s1. The van der Waals surface area contributed by atoms with E-state index < -0.39 is 0 Å². The van der Waals surface area contributed by atoms with Gasteiger partial charge in [0.1, 0.15) is 0 Å². The second-order valence-electron chi connectivity index (χ2n) is 6.92. The van der Waals surface area contributed by atoms with E-state index in [1.165, 1.54) is 11.1 Å². The Labute approximate surface area is 156 Å². The molecule has 1 aliphatic rings. The van der Waals surface area contributed by atoms with E-state index in [0.717, 1.165) is 44.6 Å². The Morgan fingerprint density at radius 3 is 2.77 bits per heavy atom. The number of likely N-dealkylation sites (tertiary alicyclic amines) is 1. The van der Waals surface area contributed by atoms with Crippen LogP contribution >= 0.6 is 0 Å². The molecule has 0 bridgehead atoms. The maximum atomic E-state index is 12.6. The van der Waals surface area contributed by atoms with Gasteiger partial charge in [-0.05, 0) is 42.1 Å². The highest BCUT2D eigenvalue weighted by molar-refractivity contribution is 5.79. The molecule has 3 rings (SSSR count). The minimum atomic E-state index is 0.0814. The summed E-state index contributed by atoms with van der Waals surface area (Å²) >= 11 is 0. The number of hydrogen-bond donors (Lipinski definition) is 1. The van der Waals surface area contributed by atoms with Gasteiger partial charge in [0.05, 0.1) is 12.5 Å². The lowest BCUT2D eigenvalue weighted by molar-refractivity contribution is -0.126. The fourth-order valence-corrected chi connectivity index (χ4v) is 3.52. The molecular formula is C22H28N2O2. The molecule has 4 nitrogen and oxygen atoms in total. The van der Waals surface area contributed by atoms with Crippen molar-refractivity contribution in [2.75, 3.05) is 33.4 Å². The van der Waals surface area contributed by atoms with Crippen molar-refractivity contribution >= 4 is 5.91 Å². The monoisotopic (exact) mass is 352 g/mol. The second kappa shape index (κ2) is 9.51. The van der Waals surface area contributed by atoms with Crippen LogP contribution in [0.15, 0.2) is 54.6 Å². The molecule has 1 N–H and O–H groups in total. The number of piperidine rings is 1. The maximum absolute atomic E-state index is 12.6. The van der Waals surface area contributed by atoms with E-state index in [1.807, 2.05) is 18.2 Å². The van der Waals surface area contributed by atoms with Crippen LogP contribution in [0, 0.1) is 5.92 Å². The number of methoxy groups -OCH3 is 1. The molecule has 0 unspecified atom stereocenters. The van der Waals surface area contributed by atoms with Crippen molar-refractivity contribution in [2.45, 2.75) is 19.4 Å². The zero-order valence-electron chi connectivity index (χ0n) is 15.5. The Morgan fingerprint density at radius 2 is 1.96 bits per heavy atom. The lowest BCUT2D eigenvalue weighted by Crippen LogP contribution is -2.43. The molecule has 1 fully saturated rings. The molecule has 1 aliphatic heterocycles. The van der Waals surface area contributed by atoms with Gasteiger partial charge in [-0.2, -0.15) is 0 Å². The fourth-order valence-electron chi connectivity index (χ4n) is 3.52.